The summed E-state index contributed by atoms with van der Waals surface area (Å²) in [5.41, 5.74) is -0.738. The van der Waals surface area contributed by atoms with Crippen LogP contribution in [0.3, 0.4) is 0 Å². The number of carbonyl (C=O) groups is 1. The van der Waals surface area contributed by atoms with Gasteiger partial charge in [0, 0.05) is 11.1 Å². The van der Waals surface area contributed by atoms with Crippen molar-refractivity contribution in [2.45, 2.75) is 13.3 Å². The lowest BCUT2D eigenvalue weighted by atomic mass is 10.1. The van der Waals surface area contributed by atoms with Gasteiger partial charge >= 0.3 is 24.0 Å². The first kappa shape index (κ1) is 14.7. The van der Waals surface area contributed by atoms with Gasteiger partial charge in [-0.15, -0.1) is 13.2 Å². The predicted molar refractivity (Wildman–Crippen MR) is 53.7 cm³/mol. The molecule has 0 fully saturated rings. The molecule has 0 atom stereocenters. The molecule has 104 valence electrons. The highest BCUT2D eigenvalue weighted by Gasteiger charge is 2.38. The number of aryl methyl sites for hydroxylation is 1. The summed E-state index contributed by atoms with van der Waals surface area (Å²) in [5.74, 6) is -3.23. The number of pyridine rings is 1. The minimum absolute atomic E-state index is 0.118. The molecule has 19 heavy (non-hydrogen) atoms. The second kappa shape index (κ2) is 5.08. The van der Waals surface area contributed by atoms with Crippen molar-refractivity contribution < 1.29 is 32.4 Å². The van der Waals surface area contributed by atoms with Gasteiger partial charge < -0.3 is 19.6 Å². The number of aromatic nitrogens is 1. The quantitative estimate of drug-likeness (QED) is 0.477. The Hall–Kier alpha value is -2.39. The zero-order chi connectivity index (χ0) is 14.8. The molecule has 0 N–H and O–H groups in total. The standard InChI is InChI=1S/C9H7F3N2O5/c1-4-3-5(14(16)17)13-7(19-9(10,11)12)6(4)8(15)18-2/h3H,1-2H3. The van der Waals surface area contributed by atoms with E-state index in [2.05, 4.69) is 14.5 Å². The fraction of sp³-hybridized carbons (Fsp3) is 0.333. The SMILES string of the molecule is COC(=O)c1c(C)cc([N+](=O)[O-])nc1OC(F)(F)F. The number of alkyl halides is 3. The molecule has 0 bridgehead atoms. The van der Waals surface area contributed by atoms with Crippen LogP contribution in [0.4, 0.5) is 19.0 Å². The molecule has 0 aliphatic carbocycles. The summed E-state index contributed by atoms with van der Waals surface area (Å²) < 4.78 is 44.3. The number of carbonyl (C=O) groups excluding carboxylic acids is 1. The van der Waals surface area contributed by atoms with E-state index < -0.39 is 34.5 Å². The second-order valence-electron chi connectivity index (χ2n) is 3.27. The lowest BCUT2D eigenvalue weighted by molar-refractivity contribution is -0.390. The van der Waals surface area contributed by atoms with Gasteiger partial charge in [-0.1, -0.05) is 0 Å². The Morgan fingerprint density at radius 3 is 2.47 bits per heavy atom. The molecule has 10 heteroatoms. The van der Waals surface area contributed by atoms with E-state index in [-0.39, 0.29) is 5.56 Å². The first-order valence-corrected chi connectivity index (χ1v) is 4.66. The normalized spacial score (nSPS) is 11.0. The number of halogens is 3. The van der Waals surface area contributed by atoms with E-state index in [1.54, 1.807) is 0 Å². The smallest absolute Gasteiger partial charge is 0.465 e. The minimum atomic E-state index is -5.14. The lowest BCUT2D eigenvalue weighted by Gasteiger charge is -2.09. The summed E-state index contributed by atoms with van der Waals surface area (Å²) in [6.07, 6.45) is -5.14. The van der Waals surface area contributed by atoms with Gasteiger partial charge in [0.05, 0.1) is 7.11 Å². The summed E-state index contributed by atoms with van der Waals surface area (Å²) in [5, 5.41) is 10.5. The first-order valence-electron chi connectivity index (χ1n) is 4.66. The predicted octanol–water partition coefficient (Wildman–Crippen LogP) is 1.98. The van der Waals surface area contributed by atoms with Crippen LogP contribution in [0.25, 0.3) is 0 Å². The molecule has 0 aromatic carbocycles. The van der Waals surface area contributed by atoms with Crippen molar-refractivity contribution in [3.63, 3.8) is 0 Å². The van der Waals surface area contributed by atoms with Crippen molar-refractivity contribution in [3.8, 4) is 5.88 Å². The number of rotatable bonds is 3. The van der Waals surface area contributed by atoms with Crippen molar-refractivity contribution in [2.75, 3.05) is 7.11 Å². The molecule has 0 spiro atoms. The number of ether oxygens (including phenoxy) is 2. The number of nitrogens with zero attached hydrogens (tertiary/aromatic N) is 2. The summed E-state index contributed by atoms with van der Waals surface area (Å²) in [4.78, 5) is 23.9. The van der Waals surface area contributed by atoms with Gasteiger partial charge in [0.25, 0.3) is 0 Å². The number of hydrogen-bond donors (Lipinski definition) is 0. The molecular weight excluding hydrogens is 273 g/mol. The Labute approximate surface area is 104 Å². The molecule has 0 unspecified atom stereocenters. The summed E-state index contributed by atoms with van der Waals surface area (Å²) in [6, 6.07) is 0.843. The van der Waals surface area contributed by atoms with Gasteiger partial charge in [0.2, 0.25) is 0 Å². The van der Waals surface area contributed by atoms with Crippen LogP contribution in [-0.4, -0.2) is 29.3 Å². The van der Waals surface area contributed by atoms with Gasteiger partial charge in [-0.05, 0) is 17.4 Å². The Morgan fingerprint density at radius 1 is 1.47 bits per heavy atom. The molecule has 7 nitrogen and oxygen atoms in total. The van der Waals surface area contributed by atoms with Gasteiger partial charge in [-0.25, -0.2) is 4.79 Å². The largest absolute Gasteiger partial charge is 0.575 e. The van der Waals surface area contributed by atoms with Gasteiger partial charge in [-0.2, -0.15) is 0 Å². The third-order valence-electron chi connectivity index (χ3n) is 1.96. The molecule has 1 rings (SSSR count). The molecule has 0 aliphatic rings. The van der Waals surface area contributed by atoms with E-state index in [0.717, 1.165) is 13.2 Å². The third kappa shape index (κ3) is 3.53. The van der Waals surface area contributed by atoms with Gasteiger partial charge in [0.15, 0.2) is 5.56 Å². The first-order chi connectivity index (χ1) is 8.65. The number of methoxy groups -OCH3 is 1. The van der Waals surface area contributed by atoms with E-state index in [0.29, 0.717) is 0 Å². The van der Waals surface area contributed by atoms with Crippen molar-refractivity contribution >= 4 is 11.8 Å². The van der Waals surface area contributed by atoms with Crippen molar-refractivity contribution in [2.24, 2.45) is 0 Å². The molecule has 0 amide bonds. The van der Waals surface area contributed by atoms with Crippen LogP contribution in [0.5, 0.6) is 5.88 Å². The highest BCUT2D eigenvalue weighted by Crippen LogP contribution is 2.29. The Balaban J connectivity index is 3.44. The van der Waals surface area contributed by atoms with Crippen molar-refractivity contribution in [1.82, 2.24) is 4.98 Å². The van der Waals surface area contributed by atoms with Gasteiger partial charge in [-0.3, -0.25) is 0 Å². The maximum Gasteiger partial charge on any atom is 0.575 e. The monoisotopic (exact) mass is 280 g/mol. The summed E-state index contributed by atoms with van der Waals surface area (Å²) in [7, 11) is 0.945. The topological polar surface area (TPSA) is 91.6 Å². The average Bonchev–Trinajstić information content (AvgIpc) is 2.25. The molecule has 0 aliphatic heterocycles. The van der Waals surface area contributed by atoms with E-state index in [1.165, 1.54) is 6.92 Å². The van der Waals surface area contributed by atoms with Crippen LogP contribution in [0, 0.1) is 17.0 Å². The highest BCUT2D eigenvalue weighted by atomic mass is 19.4. The fourth-order valence-electron chi connectivity index (χ4n) is 1.25. The van der Waals surface area contributed by atoms with Crippen LogP contribution in [0.15, 0.2) is 6.07 Å². The van der Waals surface area contributed by atoms with Crippen LogP contribution in [-0.2, 0) is 4.74 Å². The van der Waals surface area contributed by atoms with Crippen LogP contribution in [0.1, 0.15) is 15.9 Å². The van der Waals surface area contributed by atoms with Crippen LogP contribution < -0.4 is 4.74 Å². The Bertz CT molecular complexity index is 529. The molecule has 1 heterocycles. The molecular formula is C9H7F3N2O5. The Morgan fingerprint density at radius 2 is 2.05 bits per heavy atom. The van der Waals surface area contributed by atoms with Crippen molar-refractivity contribution in [3.05, 3.63) is 27.3 Å². The fourth-order valence-corrected chi connectivity index (χ4v) is 1.25. The summed E-state index contributed by atoms with van der Waals surface area (Å²) >= 11 is 0. The zero-order valence-electron chi connectivity index (χ0n) is 9.65. The maximum absolute atomic E-state index is 12.2. The Kier molecular flexibility index (Phi) is 3.92. The third-order valence-corrected chi connectivity index (χ3v) is 1.96. The number of esters is 1. The van der Waals surface area contributed by atoms with Crippen LogP contribution >= 0.6 is 0 Å². The van der Waals surface area contributed by atoms with E-state index in [9.17, 15) is 28.1 Å². The van der Waals surface area contributed by atoms with E-state index in [1.807, 2.05) is 0 Å². The summed E-state index contributed by atoms with van der Waals surface area (Å²) in [6.45, 7) is 1.20. The van der Waals surface area contributed by atoms with Crippen molar-refractivity contribution in [1.29, 1.82) is 0 Å². The molecule has 0 saturated carbocycles. The second-order valence-corrected chi connectivity index (χ2v) is 3.27. The molecule has 0 radical (unpaired) electrons. The lowest BCUT2D eigenvalue weighted by Crippen LogP contribution is -2.21. The maximum atomic E-state index is 12.2. The van der Waals surface area contributed by atoms with Crippen LogP contribution in [0.2, 0.25) is 0 Å². The van der Waals surface area contributed by atoms with E-state index in [4.69, 9.17) is 0 Å². The highest BCUT2D eigenvalue weighted by molar-refractivity contribution is 5.93. The van der Waals surface area contributed by atoms with E-state index >= 15 is 0 Å². The average molecular weight is 280 g/mol. The molecule has 0 saturated heterocycles. The van der Waals surface area contributed by atoms with Gasteiger partial charge in [0.1, 0.15) is 0 Å². The number of nitro groups is 1. The molecule has 1 aromatic heterocycles. The zero-order valence-corrected chi connectivity index (χ0v) is 9.65. The molecule has 1 aromatic rings. The number of hydrogen-bond acceptors (Lipinski definition) is 6. The minimum Gasteiger partial charge on any atom is -0.465 e.